The molecule has 7 heteroatoms. The molecule has 0 bridgehead atoms. The van der Waals surface area contributed by atoms with Crippen molar-refractivity contribution in [3.05, 3.63) is 71.3 Å². The van der Waals surface area contributed by atoms with Crippen molar-refractivity contribution in [1.82, 2.24) is 10.2 Å². The maximum absolute atomic E-state index is 13.9. The minimum absolute atomic E-state index is 0.0460. The number of nitrogens with two attached hydrogens (primary N) is 1. The number of ether oxygens (including phenoxy) is 1. The molecule has 7 nitrogen and oxygen atoms in total. The van der Waals surface area contributed by atoms with Crippen LogP contribution in [0.4, 0.5) is 0 Å². The lowest BCUT2D eigenvalue weighted by Gasteiger charge is -2.39. The topological polar surface area (TPSA) is 108 Å². The molecule has 0 aromatic heterocycles. The van der Waals surface area contributed by atoms with Gasteiger partial charge in [0, 0.05) is 31.6 Å². The molecule has 2 aliphatic rings. The number of hydrogen-bond donors (Lipinski definition) is 2. The lowest BCUT2D eigenvalue weighted by molar-refractivity contribution is -0.136. The highest BCUT2D eigenvalue weighted by Gasteiger charge is 2.40. The van der Waals surface area contributed by atoms with Gasteiger partial charge in [0.25, 0.3) is 0 Å². The molecule has 4 rings (SSSR count). The van der Waals surface area contributed by atoms with E-state index in [2.05, 4.69) is 11.4 Å². The third-order valence-electron chi connectivity index (χ3n) is 7.17. The lowest BCUT2D eigenvalue weighted by Crippen LogP contribution is -2.52. The summed E-state index contributed by atoms with van der Waals surface area (Å²) >= 11 is 0. The van der Waals surface area contributed by atoms with Gasteiger partial charge in [-0.15, -0.1) is 0 Å². The Morgan fingerprint density at radius 2 is 1.81 bits per heavy atom. The highest BCUT2D eigenvalue weighted by atomic mass is 16.5. The van der Waals surface area contributed by atoms with E-state index in [4.69, 9.17) is 10.5 Å². The number of carbonyl (C=O) groups excluding carboxylic acids is 2. The molecule has 2 heterocycles. The predicted molar refractivity (Wildman–Crippen MR) is 139 cm³/mol. The molecule has 1 fully saturated rings. The fourth-order valence-electron chi connectivity index (χ4n) is 4.91. The van der Waals surface area contributed by atoms with Crippen LogP contribution in [0.25, 0.3) is 6.08 Å². The van der Waals surface area contributed by atoms with E-state index in [1.54, 1.807) is 13.8 Å². The van der Waals surface area contributed by atoms with Gasteiger partial charge in [-0.3, -0.25) is 9.59 Å². The predicted octanol–water partition coefficient (Wildman–Crippen LogP) is 3.41. The number of nitrogens with one attached hydrogen (secondary N) is 1. The first-order valence-corrected chi connectivity index (χ1v) is 12.5. The molecule has 0 saturated carbocycles. The van der Waals surface area contributed by atoms with E-state index < -0.39 is 16.9 Å². The average Bonchev–Trinajstić information content (AvgIpc) is 3.11. The Labute approximate surface area is 212 Å². The number of nitriles is 1. The number of fused-ring (bicyclic) bond motifs is 1. The van der Waals surface area contributed by atoms with Crippen LogP contribution < -0.4 is 15.8 Å². The first-order valence-electron chi connectivity index (χ1n) is 12.5. The number of hydrogen-bond acceptors (Lipinski definition) is 5. The Bertz CT molecular complexity index is 1170. The summed E-state index contributed by atoms with van der Waals surface area (Å²) in [7, 11) is 0. The summed E-state index contributed by atoms with van der Waals surface area (Å²) in [5.74, 6) is -0.115. The highest BCUT2D eigenvalue weighted by Crippen LogP contribution is 2.36. The molecular formula is C29H34N4O3. The summed E-state index contributed by atoms with van der Waals surface area (Å²) in [6.45, 7) is 4.86. The quantitative estimate of drug-likeness (QED) is 0.651. The first kappa shape index (κ1) is 25.5. The molecule has 1 atom stereocenters. The van der Waals surface area contributed by atoms with Crippen molar-refractivity contribution in [2.24, 2.45) is 11.7 Å². The zero-order chi connectivity index (χ0) is 25.8. The second kappa shape index (κ2) is 10.5. The van der Waals surface area contributed by atoms with Crippen LogP contribution in [0.1, 0.15) is 44.2 Å². The molecule has 2 aromatic carbocycles. The Kier molecular flexibility index (Phi) is 7.46. The summed E-state index contributed by atoms with van der Waals surface area (Å²) in [5, 5.41) is 12.9. The molecule has 0 spiro atoms. The summed E-state index contributed by atoms with van der Waals surface area (Å²) in [5.41, 5.74) is 7.16. The maximum Gasteiger partial charge on any atom is 0.239 e. The summed E-state index contributed by atoms with van der Waals surface area (Å²) in [6, 6.07) is 20.1. The zero-order valence-electron chi connectivity index (χ0n) is 21.0. The smallest absolute Gasteiger partial charge is 0.239 e. The van der Waals surface area contributed by atoms with E-state index >= 15 is 0 Å². The van der Waals surface area contributed by atoms with Crippen LogP contribution in [0.5, 0.6) is 5.75 Å². The average molecular weight is 487 g/mol. The fourth-order valence-corrected chi connectivity index (χ4v) is 4.91. The SMILES string of the molecule is CC(C)(N)C(=O)NCC(C(=O)N1CCC(C#N)(c2ccccc2)CC1)C1=Cc2ccccc2OCC1. The number of rotatable bonds is 6. The van der Waals surface area contributed by atoms with Crippen LogP contribution in [-0.4, -0.2) is 48.5 Å². The molecule has 36 heavy (non-hydrogen) atoms. The van der Waals surface area contributed by atoms with Crippen LogP contribution in [-0.2, 0) is 15.0 Å². The molecule has 1 saturated heterocycles. The third kappa shape index (κ3) is 5.44. The Balaban J connectivity index is 1.57. The van der Waals surface area contributed by atoms with Crippen LogP contribution in [0.2, 0.25) is 0 Å². The molecule has 1 unspecified atom stereocenters. The van der Waals surface area contributed by atoms with Crippen molar-refractivity contribution in [1.29, 1.82) is 5.26 Å². The number of piperidine rings is 1. The number of amides is 2. The standard InChI is InChI=1S/C29H34N4O3/c1-28(2,31)27(35)32-19-24(21-12-17-36-25-11-7-6-8-22(25)18-21)26(34)33-15-13-29(20-30,14-16-33)23-9-4-3-5-10-23/h3-11,18,24H,12-17,19,31H2,1-2H3,(H,32,35). The Morgan fingerprint density at radius 1 is 1.14 bits per heavy atom. The van der Waals surface area contributed by atoms with Gasteiger partial charge in [0.2, 0.25) is 11.8 Å². The van der Waals surface area contributed by atoms with E-state index in [0.717, 1.165) is 22.4 Å². The third-order valence-corrected chi connectivity index (χ3v) is 7.17. The van der Waals surface area contributed by atoms with Gasteiger partial charge in [0.05, 0.1) is 29.5 Å². The first-order chi connectivity index (χ1) is 17.2. The number of likely N-dealkylation sites (tertiary alicyclic amines) is 1. The van der Waals surface area contributed by atoms with Gasteiger partial charge in [0.15, 0.2) is 0 Å². The monoisotopic (exact) mass is 486 g/mol. The Morgan fingerprint density at radius 3 is 2.47 bits per heavy atom. The van der Waals surface area contributed by atoms with Crippen LogP contribution in [0.15, 0.2) is 60.2 Å². The van der Waals surface area contributed by atoms with Crippen LogP contribution in [0.3, 0.4) is 0 Å². The lowest BCUT2D eigenvalue weighted by atomic mass is 9.74. The van der Waals surface area contributed by atoms with Gasteiger partial charge >= 0.3 is 0 Å². The highest BCUT2D eigenvalue weighted by molar-refractivity contribution is 5.87. The fraction of sp³-hybridized carbons (Fsp3) is 0.414. The second-order valence-corrected chi connectivity index (χ2v) is 10.2. The van der Waals surface area contributed by atoms with Gasteiger partial charge in [-0.2, -0.15) is 5.26 Å². The van der Waals surface area contributed by atoms with Crippen molar-refractivity contribution in [2.45, 2.75) is 44.1 Å². The Hall–Kier alpha value is -3.63. The number of nitrogens with zero attached hydrogens (tertiary/aromatic N) is 2. The molecule has 2 aliphatic heterocycles. The van der Waals surface area contributed by atoms with Crippen LogP contribution in [0, 0.1) is 17.2 Å². The molecule has 188 valence electrons. The number of carbonyl (C=O) groups is 2. The number of benzene rings is 2. The normalized spacial score (nSPS) is 17.9. The number of para-hydroxylation sites is 1. The van der Waals surface area contributed by atoms with Crippen molar-refractivity contribution in [3.63, 3.8) is 0 Å². The van der Waals surface area contributed by atoms with Gasteiger partial charge < -0.3 is 20.7 Å². The molecule has 2 amide bonds. The summed E-state index contributed by atoms with van der Waals surface area (Å²) < 4.78 is 5.90. The zero-order valence-corrected chi connectivity index (χ0v) is 21.0. The van der Waals surface area contributed by atoms with Crippen molar-refractivity contribution in [2.75, 3.05) is 26.2 Å². The van der Waals surface area contributed by atoms with E-state index in [1.807, 2.05) is 65.6 Å². The van der Waals surface area contributed by atoms with Crippen molar-refractivity contribution < 1.29 is 14.3 Å². The minimum Gasteiger partial charge on any atom is -0.493 e. The molecule has 0 aliphatic carbocycles. The summed E-state index contributed by atoms with van der Waals surface area (Å²) in [4.78, 5) is 28.3. The summed E-state index contributed by atoms with van der Waals surface area (Å²) in [6.07, 6.45) is 3.73. The van der Waals surface area contributed by atoms with E-state index in [0.29, 0.717) is 39.0 Å². The van der Waals surface area contributed by atoms with Crippen molar-refractivity contribution in [3.8, 4) is 11.8 Å². The molecule has 2 aromatic rings. The van der Waals surface area contributed by atoms with Crippen LogP contribution >= 0.6 is 0 Å². The van der Waals surface area contributed by atoms with E-state index in [-0.39, 0.29) is 18.4 Å². The van der Waals surface area contributed by atoms with E-state index in [9.17, 15) is 14.9 Å². The molecule has 0 radical (unpaired) electrons. The minimum atomic E-state index is -1.05. The second-order valence-electron chi connectivity index (χ2n) is 10.2. The van der Waals surface area contributed by atoms with E-state index in [1.165, 1.54) is 0 Å². The maximum atomic E-state index is 13.9. The van der Waals surface area contributed by atoms with Gasteiger partial charge in [-0.05, 0) is 38.3 Å². The van der Waals surface area contributed by atoms with Gasteiger partial charge in [-0.1, -0.05) is 60.2 Å². The van der Waals surface area contributed by atoms with Gasteiger partial charge in [-0.25, -0.2) is 0 Å². The van der Waals surface area contributed by atoms with Gasteiger partial charge in [0.1, 0.15) is 5.75 Å². The molecular weight excluding hydrogens is 452 g/mol. The molecule has 3 N–H and O–H groups in total. The van der Waals surface area contributed by atoms with Crippen molar-refractivity contribution >= 4 is 17.9 Å². The largest absolute Gasteiger partial charge is 0.493 e.